The Bertz CT molecular complexity index is 748. The zero-order chi connectivity index (χ0) is 14.8. The quantitative estimate of drug-likeness (QED) is 0.858. The maximum absolute atomic E-state index is 12.8. The summed E-state index contributed by atoms with van der Waals surface area (Å²) in [4.78, 5) is 24.8. The summed E-state index contributed by atoms with van der Waals surface area (Å²) >= 11 is 1.30. The Balaban J connectivity index is 1.79. The van der Waals surface area contributed by atoms with Gasteiger partial charge in [0, 0.05) is 23.0 Å². The predicted molar refractivity (Wildman–Crippen MR) is 80.9 cm³/mol. The molecule has 0 amide bonds. The first kappa shape index (κ1) is 13.8. The number of benzene rings is 2. The van der Waals surface area contributed by atoms with E-state index in [9.17, 15) is 14.0 Å². The number of fused-ring (bicyclic) bond motifs is 1. The van der Waals surface area contributed by atoms with Gasteiger partial charge >= 0.3 is 0 Å². The minimum absolute atomic E-state index is 0.127. The predicted octanol–water partition coefficient (Wildman–Crippen LogP) is 4.02. The smallest absolute Gasteiger partial charge is 0.200 e. The molecule has 0 saturated carbocycles. The topological polar surface area (TPSA) is 34.1 Å². The highest BCUT2D eigenvalue weighted by atomic mass is 32.2. The van der Waals surface area contributed by atoms with Gasteiger partial charge in [-0.3, -0.25) is 9.59 Å². The van der Waals surface area contributed by atoms with Crippen LogP contribution in [0.1, 0.15) is 26.3 Å². The molecular formula is C17H11FO2S. The Morgan fingerprint density at radius 2 is 1.57 bits per heavy atom. The third-order valence-corrected chi connectivity index (χ3v) is 4.32. The third kappa shape index (κ3) is 2.81. The Hall–Kier alpha value is -2.20. The van der Waals surface area contributed by atoms with Crippen LogP contribution in [0.4, 0.5) is 4.39 Å². The van der Waals surface area contributed by atoms with Crippen molar-refractivity contribution in [2.75, 3.05) is 0 Å². The number of allylic oxidation sites excluding steroid dienone is 2. The van der Waals surface area contributed by atoms with Crippen LogP contribution in [0.2, 0.25) is 0 Å². The van der Waals surface area contributed by atoms with Crippen molar-refractivity contribution in [3.05, 3.63) is 82.0 Å². The summed E-state index contributed by atoms with van der Waals surface area (Å²) in [6.45, 7) is 0. The number of halogens is 1. The molecule has 3 rings (SSSR count). The molecule has 0 spiro atoms. The summed E-state index contributed by atoms with van der Waals surface area (Å²) < 4.78 is 12.8. The normalized spacial score (nSPS) is 13.9. The molecule has 0 heterocycles. The first-order valence-corrected chi connectivity index (χ1v) is 7.41. The van der Waals surface area contributed by atoms with Crippen molar-refractivity contribution in [2.24, 2.45) is 0 Å². The number of carbonyl (C=O) groups is 2. The molecule has 0 bridgehead atoms. The zero-order valence-electron chi connectivity index (χ0n) is 11.0. The fraction of sp³-hybridized carbons (Fsp3) is 0.0588. The first-order valence-electron chi connectivity index (χ1n) is 6.42. The van der Waals surface area contributed by atoms with E-state index in [0.29, 0.717) is 21.8 Å². The molecule has 2 nitrogen and oxygen atoms in total. The van der Waals surface area contributed by atoms with E-state index < -0.39 is 0 Å². The number of hydrogen-bond donors (Lipinski definition) is 0. The van der Waals surface area contributed by atoms with Crippen molar-refractivity contribution in [1.29, 1.82) is 0 Å². The molecule has 0 aliphatic heterocycles. The Morgan fingerprint density at radius 1 is 0.905 bits per heavy atom. The van der Waals surface area contributed by atoms with Gasteiger partial charge in [-0.1, -0.05) is 36.4 Å². The van der Waals surface area contributed by atoms with Crippen LogP contribution < -0.4 is 0 Å². The van der Waals surface area contributed by atoms with Gasteiger partial charge in [0.1, 0.15) is 5.82 Å². The van der Waals surface area contributed by atoms with Gasteiger partial charge in [0.15, 0.2) is 11.6 Å². The molecule has 1 aliphatic carbocycles. The highest BCUT2D eigenvalue weighted by Crippen LogP contribution is 2.30. The number of carbonyl (C=O) groups excluding carboxylic acids is 2. The van der Waals surface area contributed by atoms with Crippen LogP contribution in [0, 0.1) is 5.82 Å². The highest BCUT2D eigenvalue weighted by molar-refractivity contribution is 8.03. The molecular weight excluding hydrogens is 287 g/mol. The van der Waals surface area contributed by atoms with E-state index in [0.717, 1.165) is 5.56 Å². The standard InChI is InChI=1S/C17H11FO2S/c18-12-7-5-11(6-8-12)10-21-16-9-15(19)13-3-1-2-4-14(13)17(16)20/h1-9H,10H2. The van der Waals surface area contributed by atoms with Gasteiger partial charge in [-0.15, -0.1) is 11.8 Å². The van der Waals surface area contributed by atoms with Gasteiger partial charge in [0.25, 0.3) is 0 Å². The van der Waals surface area contributed by atoms with Gasteiger partial charge in [-0.2, -0.15) is 0 Å². The van der Waals surface area contributed by atoms with Gasteiger partial charge in [-0.05, 0) is 17.7 Å². The number of hydrogen-bond acceptors (Lipinski definition) is 3. The maximum atomic E-state index is 12.8. The highest BCUT2D eigenvalue weighted by Gasteiger charge is 2.25. The number of thioether (sulfide) groups is 1. The second kappa shape index (κ2) is 5.66. The molecule has 0 N–H and O–H groups in total. The lowest BCUT2D eigenvalue weighted by Gasteiger charge is -2.14. The van der Waals surface area contributed by atoms with E-state index >= 15 is 0 Å². The molecule has 21 heavy (non-hydrogen) atoms. The zero-order valence-corrected chi connectivity index (χ0v) is 11.8. The van der Waals surface area contributed by atoms with E-state index in [1.807, 2.05) is 0 Å². The molecule has 0 unspecified atom stereocenters. The van der Waals surface area contributed by atoms with Crippen LogP contribution in [-0.2, 0) is 5.75 Å². The van der Waals surface area contributed by atoms with Crippen molar-refractivity contribution < 1.29 is 14.0 Å². The average molecular weight is 298 g/mol. The van der Waals surface area contributed by atoms with Crippen LogP contribution >= 0.6 is 11.8 Å². The first-order chi connectivity index (χ1) is 10.1. The summed E-state index contributed by atoms with van der Waals surface area (Å²) in [6.07, 6.45) is 1.39. The Labute approximate surface area is 125 Å². The third-order valence-electron chi connectivity index (χ3n) is 3.23. The molecule has 1 aliphatic rings. The summed E-state index contributed by atoms with van der Waals surface area (Å²) in [5.41, 5.74) is 1.81. The Kier molecular flexibility index (Phi) is 3.71. The van der Waals surface area contributed by atoms with Crippen molar-refractivity contribution in [3.8, 4) is 0 Å². The fourth-order valence-electron chi connectivity index (χ4n) is 2.14. The second-order valence-corrected chi connectivity index (χ2v) is 5.68. The van der Waals surface area contributed by atoms with Gasteiger partial charge in [-0.25, -0.2) is 4.39 Å². The van der Waals surface area contributed by atoms with Crippen LogP contribution in [0.5, 0.6) is 0 Å². The minimum Gasteiger partial charge on any atom is -0.289 e. The average Bonchev–Trinajstić information content (AvgIpc) is 2.51. The number of rotatable bonds is 3. The van der Waals surface area contributed by atoms with Crippen LogP contribution in [0.25, 0.3) is 0 Å². The van der Waals surface area contributed by atoms with E-state index in [-0.39, 0.29) is 17.4 Å². The van der Waals surface area contributed by atoms with Crippen molar-refractivity contribution in [2.45, 2.75) is 5.75 Å². The van der Waals surface area contributed by atoms with Crippen LogP contribution in [0.3, 0.4) is 0 Å². The molecule has 0 saturated heterocycles. The van der Waals surface area contributed by atoms with Crippen molar-refractivity contribution in [1.82, 2.24) is 0 Å². The number of Topliss-reactive ketones (excluding diaryl/α,β-unsaturated/α-hetero) is 1. The van der Waals surface area contributed by atoms with E-state index in [2.05, 4.69) is 0 Å². The van der Waals surface area contributed by atoms with Crippen LogP contribution in [-0.4, -0.2) is 11.6 Å². The van der Waals surface area contributed by atoms with E-state index in [1.54, 1.807) is 36.4 Å². The molecule has 0 atom stereocenters. The molecule has 2 aromatic carbocycles. The molecule has 104 valence electrons. The summed E-state index contributed by atoms with van der Waals surface area (Å²) in [7, 11) is 0. The van der Waals surface area contributed by atoms with Crippen molar-refractivity contribution in [3.63, 3.8) is 0 Å². The molecule has 0 fully saturated rings. The lowest BCUT2D eigenvalue weighted by Crippen LogP contribution is -2.15. The SMILES string of the molecule is O=C1C=C(SCc2ccc(F)cc2)C(=O)c2ccccc21. The van der Waals surface area contributed by atoms with Gasteiger partial charge in [0.05, 0.1) is 4.91 Å². The fourth-order valence-corrected chi connectivity index (χ4v) is 3.09. The second-order valence-electron chi connectivity index (χ2n) is 4.66. The summed E-state index contributed by atoms with van der Waals surface area (Å²) in [5.74, 6) is -0.0437. The summed E-state index contributed by atoms with van der Waals surface area (Å²) in [5, 5.41) is 0. The van der Waals surface area contributed by atoms with E-state index in [1.165, 1.54) is 30.0 Å². The summed E-state index contributed by atoms with van der Waals surface area (Å²) in [6, 6.07) is 12.9. The monoisotopic (exact) mass is 298 g/mol. The minimum atomic E-state index is -0.291. The van der Waals surface area contributed by atoms with Gasteiger partial charge in [0.2, 0.25) is 0 Å². The lowest BCUT2D eigenvalue weighted by molar-refractivity contribution is 0.0991. The maximum Gasteiger partial charge on any atom is 0.200 e. The van der Waals surface area contributed by atoms with Gasteiger partial charge < -0.3 is 0 Å². The van der Waals surface area contributed by atoms with Crippen LogP contribution in [0.15, 0.2) is 59.5 Å². The molecule has 4 heteroatoms. The largest absolute Gasteiger partial charge is 0.289 e. The Morgan fingerprint density at radius 3 is 2.29 bits per heavy atom. The van der Waals surface area contributed by atoms with Crippen molar-refractivity contribution >= 4 is 23.3 Å². The number of ketones is 2. The molecule has 0 aromatic heterocycles. The van der Waals surface area contributed by atoms with E-state index in [4.69, 9.17) is 0 Å². The lowest BCUT2D eigenvalue weighted by atomic mass is 9.95. The molecule has 2 aromatic rings. The molecule has 0 radical (unpaired) electrons.